The number of halogens is 1. The molecule has 0 saturated heterocycles. The predicted molar refractivity (Wildman–Crippen MR) is 86.3 cm³/mol. The first kappa shape index (κ1) is 13.7. The van der Waals surface area contributed by atoms with E-state index in [1.165, 1.54) is 0 Å². The van der Waals surface area contributed by atoms with Gasteiger partial charge in [-0.1, -0.05) is 48.0 Å². The molecule has 21 heavy (non-hydrogen) atoms. The molecule has 0 aliphatic rings. The van der Waals surface area contributed by atoms with E-state index >= 15 is 0 Å². The van der Waals surface area contributed by atoms with E-state index in [2.05, 4.69) is 19.1 Å². The highest BCUT2D eigenvalue weighted by atomic mass is 35.5. The fourth-order valence-corrected chi connectivity index (χ4v) is 2.39. The van der Waals surface area contributed by atoms with Crippen LogP contribution in [0.5, 0.6) is 0 Å². The van der Waals surface area contributed by atoms with Crippen LogP contribution in [-0.2, 0) is 0 Å². The Kier molecular flexibility index (Phi) is 4.23. The van der Waals surface area contributed by atoms with Crippen LogP contribution in [0.3, 0.4) is 0 Å². The monoisotopic (exact) mass is 314 g/mol. The molecule has 0 unspecified atom stereocenters. The highest BCUT2D eigenvalue weighted by molar-refractivity contribution is 6.99. The second-order valence-electron chi connectivity index (χ2n) is 4.19. The Morgan fingerprint density at radius 1 is 0.905 bits per heavy atom. The van der Waals surface area contributed by atoms with Crippen molar-refractivity contribution in [2.75, 3.05) is 5.32 Å². The van der Waals surface area contributed by atoms with Crippen LogP contribution in [0.1, 0.15) is 0 Å². The number of aromatic nitrogens is 2. The average molecular weight is 315 g/mol. The summed E-state index contributed by atoms with van der Waals surface area (Å²) < 4.78 is 8.31. The predicted octanol–water partition coefficient (Wildman–Crippen LogP) is 4.17. The van der Waals surface area contributed by atoms with Gasteiger partial charge in [0.25, 0.3) is 0 Å². The minimum Gasteiger partial charge on any atom is -0.337 e. The van der Waals surface area contributed by atoms with Crippen molar-refractivity contribution in [1.29, 1.82) is 0 Å². The zero-order chi connectivity index (χ0) is 14.5. The summed E-state index contributed by atoms with van der Waals surface area (Å²) in [6, 6.07) is 19.3. The summed E-state index contributed by atoms with van der Waals surface area (Å²) in [5.41, 5.74) is 1.72. The van der Waals surface area contributed by atoms with Crippen molar-refractivity contribution in [3.63, 3.8) is 0 Å². The third kappa shape index (κ3) is 3.45. The summed E-state index contributed by atoms with van der Waals surface area (Å²) >= 11 is 7.22. The molecule has 1 N–H and O–H groups in total. The van der Waals surface area contributed by atoms with E-state index in [0.717, 1.165) is 23.1 Å². The van der Waals surface area contributed by atoms with Crippen molar-refractivity contribution in [2.45, 2.75) is 0 Å². The molecule has 0 spiro atoms. The van der Waals surface area contributed by atoms with Crippen LogP contribution in [0.2, 0.25) is 5.15 Å². The first-order valence-corrected chi connectivity index (χ1v) is 7.38. The molecule has 6 heteroatoms. The van der Waals surface area contributed by atoms with Crippen molar-refractivity contribution in [3.8, 4) is 0 Å². The number of rotatable bonds is 3. The molecule has 0 atom stereocenters. The minimum absolute atomic E-state index is 0.331. The molecule has 0 aliphatic heterocycles. The highest BCUT2D eigenvalue weighted by Gasteiger charge is 2.05. The van der Waals surface area contributed by atoms with Gasteiger partial charge in [0, 0.05) is 5.69 Å². The van der Waals surface area contributed by atoms with E-state index in [4.69, 9.17) is 11.6 Å². The summed E-state index contributed by atoms with van der Waals surface area (Å²) in [5, 5.41) is 4.08. The number of anilines is 2. The maximum Gasteiger partial charge on any atom is 0.174 e. The smallest absolute Gasteiger partial charge is 0.174 e. The van der Waals surface area contributed by atoms with Crippen molar-refractivity contribution in [2.24, 2.45) is 4.99 Å². The third-order valence-corrected chi connectivity index (χ3v) is 3.60. The first-order chi connectivity index (χ1) is 10.3. The molecule has 0 aliphatic carbocycles. The van der Waals surface area contributed by atoms with Gasteiger partial charge in [-0.2, -0.15) is 8.75 Å². The molecule has 0 saturated carbocycles. The molecule has 4 nitrogen and oxygen atoms in total. The highest BCUT2D eigenvalue weighted by Crippen LogP contribution is 2.15. The largest absolute Gasteiger partial charge is 0.337 e. The van der Waals surface area contributed by atoms with E-state index in [9.17, 15) is 0 Å². The first-order valence-electron chi connectivity index (χ1n) is 6.27. The zero-order valence-electron chi connectivity index (χ0n) is 10.9. The Morgan fingerprint density at radius 3 is 2.29 bits per heavy atom. The van der Waals surface area contributed by atoms with Gasteiger partial charge in [0.15, 0.2) is 11.0 Å². The van der Waals surface area contributed by atoms with Crippen LogP contribution in [-0.4, -0.2) is 8.75 Å². The quantitative estimate of drug-likeness (QED) is 0.789. The second kappa shape index (κ2) is 6.47. The van der Waals surface area contributed by atoms with Gasteiger partial charge in [-0.3, -0.25) is 0 Å². The van der Waals surface area contributed by atoms with Gasteiger partial charge in [-0.15, -0.1) is 0 Å². The molecule has 3 aromatic rings. The lowest BCUT2D eigenvalue weighted by molar-refractivity contribution is 1.24. The fraction of sp³-hybridized carbons (Fsp3) is 0. The Bertz CT molecular complexity index is 788. The number of hydrogen-bond acceptors (Lipinski definition) is 5. The zero-order valence-corrected chi connectivity index (χ0v) is 12.5. The maximum absolute atomic E-state index is 6.17. The Morgan fingerprint density at radius 2 is 1.57 bits per heavy atom. The lowest BCUT2D eigenvalue weighted by Crippen LogP contribution is -2.12. The number of nitrogens with zero attached hydrogens (tertiary/aromatic N) is 3. The van der Waals surface area contributed by atoms with Gasteiger partial charge >= 0.3 is 0 Å². The van der Waals surface area contributed by atoms with Crippen LogP contribution in [0.15, 0.2) is 65.7 Å². The summed E-state index contributed by atoms with van der Waals surface area (Å²) in [6.45, 7) is 0. The van der Waals surface area contributed by atoms with Gasteiger partial charge in [0.05, 0.1) is 17.4 Å². The molecule has 3 rings (SSSR count). The Labute approximate surface area is 131 Å². The Hall–Kier alpha value is -2.24. The second-order valence-corrected chi connectivity index (χ2v) is 5.08. The van der Waals surface area contributed by atoms with Gasteiger partial charge in [-0.25, -0.2) is 4.99 Å². The lowest BCUT2D eigenvalue weighted by atomic mass is 10.3. The molecule has 1 heterocycles. The van der Waals surface area contributed by atoms with E-state index in [1.807, 2.05) is 60.7 Å². The van der Waals surface area contributed by atoms with Crippen LogP contribution >= 0.6 is 23.3 Å². The van der Waals surface area contributed by atoms with Gasteiger partial charge < -0.3 is 5.32 Å². The summed E-state index contributed by atoms with van der Waals surface area (Å²) in [6.07, 6.45) is 0. The summed E-state index contributed by atoms with van der Waals surface area (Å²) in [7, 11) is 0. The summed E-state index contributed by atoms with van der Waals surface area (Å²) in [4.78, 5) is 4.52. The minimum atomic E-state index is 0.331. The standard InChI is InChI=1S/C15H11ClN4S/c16-14-13(17-11-7-3-1-4-8-11)15(20-21-19-14)18-12-9-5-2-6-10-12/h1-10H,(H,18,20). The number of para-hydroxylation sites is 2. The molecule has 2 aromatic carbocycles. The van der Waals surface area contributed by atoms with Gasteiger partial charge in [0.2, 0.25) is 0 Å². The van der Waals surface area contributed by atoms with Crippen LogP contribution in [0, 0.1) is 0 Å². The van der Waals surface area contributed by atoms with Crippen LogP contribution in [0.25, 0.3) is 0 Å². The molecule has 104 valence electrons. The molecule has 0 amide bonds. The lowest BCUT2D eigenvalue weighted by Gasteiger charge is -2.05. The van der Waals surface area contributed by atoms with E-state index < -0.39 is 0 Å². The molecule has 0 fully saturated rings. The maximum atomic E-state index is 6.17. The van der Waals surface area contributed by atoms with Crippen LogP contribution in [0.4, 0.5) is 17.2 Å². The molecule has 1 aromatic heterocycles. The van der Waals surface area contributed by atoms with Crippen molar-refractivity contribution >= 4 is 40.5 Å². The average Bonchev–Trinajstić information content (AvgIpc) is 2.53. The number of nitrogens with one attached hydrogen (secondary N) is 1. The van der Waals surface area contributed by atoms with Crippen molar-refractivity contribution < 1.29 is 0 Å². The molecule has 0 radical (unpaired) electrons. The van der Waals surface area contributed by atoms with Crippen molar-refractivity contribution in [3.05, 3.63) is 71.2 Å². The molecular formula is C15H11ClN4S. The summed E-state index contributed by atoms with van der Waals surface area (Å²) in [5.74, 6) is 0.593. The van der Waals surface area contributed by atoms with E-state index in [-0.39, 0.29) is 0 Å². The van der Waals surface area contributed by atoms with Gasteiger partial charge in [0.1, 0.15) is 5.36 Å². The third-order valence-electron chi connectivity index (χ3n) is 2.71. The SMILES string of the molecule is Clc1nsnc(Nc2ccccc2)c1=Nc1ccccc1. The topological polar surface area (TPSA) is 50.2 Å². The Balaban J connectivity index is 2.06. The van der Waals surface area contributed by atoms with E-state index in [0.29, 0.717) is 16.3 Å². The van der Waals surface area contributed by atoms with E-state index in [1.54, 1.807) is 0 Å². The number of hydrogen-bond donors (Lipinski definition) is 1. The molecule has 0 bridgehead atoms. The number of benzene rings is 2. The van der Waals surface area contributed by atoms with Gasteiger partial charge in [-0.05, 0) is 24.3 Å². The normalized spacial score (nSPS) is 11.4. The van der Waals surface area contributed by atoms with Crippen molar-refractivity contribution in [1.82, 2.24) is 8.75 Å². The fourth-order valence-electron chi connectivity index (χ4n) is 1.75. The van der Waals surface area contributed by atoms with Crippen LogP contribution < -0.4 is 10.7 Å². The molecular weight excluding hydrogens is 304 g/mol.